The van der Waals surface area contributed by atoms with Gasteiger partial charge in [0.05, 0.1) is 11.3 Å². The summed E-state index contributed by atoms with van der Waals surface area (Å²) in [5.41, 5.74) is 4.66. The van der Waals surface area contributed by atoms with Gasteiger partial charge in [-0.15, -0.1) is 5.10 Å². The van der Waals surface area contributed by atoms with Crippen LogP contribution in [0.25, 0.3) is 17.0 Å². The molecule has 0 bridgehead atoms. The molecule has 0 saturated heterocycles. The second-order valence-corrected chi connectivity index (χ2v) is 8.78. The molecule has 0 atom stereocenters. The predicted molar refractivity (Wildman–Crippen MR) is 111 cm³/mol. The topological polar surface area (TPSA) is 52.2 Å². The zero-order chi connectivity index (χ0) is 19.3. The number of fused-ring (bicyclic) bond motifs is 4. The fraction of sp³-hybridized carbons (Fsp3) is 0.381. The Morgan fingerprint density at radius 1 is 1.33 bits per heavy atom. The Bertz CT molecular complexity index is 1120. The maximum Gasteiger partial charge on any atom is 0.265 e. The Labute approximate surface area is 163 Å². The Balaban J connectivity index is 2.06. The number of nitrogens with zero attached hydrogens (tertiary/aromatic N) is 4. The van der Waals surface area contributed by atoms with Gasteiger partial charge in [-0.2, -0.15) is 0 Å². The molecule has 0 fully saturated rings. The van der Waals surface area contributed by atoms with Crippen LogP contribution in [0.4, 0.5) is 0 Å². The second kappa shape index (κ2) is 6.37. The number of rotatable bonds is 4. The molecule has 0 aliphatic heterocycles. The van der Waals surface area contributed by atoms with E-state index in [9.17, 15) is 4.79 Å². The van der Waals surface area contributed by atoms with Gasteiger partial charge in [-0.1, -0.05) is 62.0 Å². The SMILES string of the molecule is C=C(C)CSc1nn(CC)c2nc3c(c(=O)n12)C(C)(C)Cc1ccccc1-3. The van der Waals surface area contributed by atoms with Crippen molar-refractivity contribution in [1.82, 2.24) is 19.2 Å². The summed E-state index contributed by atoms with van der Waals surface area (Å²) < 4.78 is 3.50. The summed E-state index contributed by atoms with van der Waals surface area (Å²) in [5.74, 6) is 1.34. The van der Waals surface area contributed by atoms with Crippen molar-refractivity contribution in [2.24, 2.45) is 0 Å². The van der Waals surface area contributed by atoms with Crippen molar-refractivity contribution < 1.29 is 0 Å². The summed E-state index contributed by atoms with van der Waals surface area (Å²) in [6, 6.07) is 8.26. The number of hydrogen-bond acceptors (Lipinski definition) is 4. The number of hydrogen-bond donors (Lipinski definition) is 0. The first-order chi connectivity index (χ1) is 12.8. The number of thioether (sulfide) groups is 1. The average molecular weight is 381 g/mol. The van der Waals surface area contributed by atoms with Crippen LogP contribution in [0.1, 0.15) is 38.8 Å². The molecule has 0 amide bonds. The fourth-order valence-electron chi connectivity index (χ4n) is 3.82. The second-order valence-electron chi connectivity index (χ2n) is 7.84. The monoisotopic (exact) mass is 380 g/mol. The van der Waals surface area contributed by atoms with E-state index in [2.05, 4.69) is 37.7 Å². The van der Waals surface area contributed by atoms with Gasteiger partial charge in [0.1, 0.15) is 0 Å². The highest BCUT2D eigenvalue weighted by molar-refractivity contribution is 7.99. The minimum absolute atomic E-state index is 0.00146. The lowest BCUT2D eigenvalue weighted by Crippen LogP contribution is -2.36. The van der Waals surface area contributed by atoms with Gasteiger partial charge in [0.2, 0.25) is 5.78 Å². The standard InChI is InChI=1S/C21H24N4OS/c1-6-24-19-22-17-15-10-8-7-9-14(15)11-21(4,5)16(17)18(26)25(19)20(23-24)27-12-13(2)3/h7-10H,2,6,11-12H2,1,3-5H3. The Hall–Kier alpha value is -2.34. The first-order valence-corrected chi connectivity index (χ1v) is 10.2. The van der Waals surface area contributed by atoms with Crippen LogP contribution in [-0.2, 0) is 18.4 Å². The van der Waals surface area contributed by atoms with Crippen LogP contribution in [0.3, 0.4) is 0 Å². The van der Waals surface area contributed by atoms with Crippen LogP contribution in [0.5, 0.6) is 0 Å². The number of aromatic nitrogens is 4. The van der Waals surface area contributed by atoms with Gasteiger partial charge in [0.15, 0.2) is 5.16 Å². The van der Waals surface area contributed by atoms with Crippen LogP contribution < -0.4 is 5.56 Å². The summed E-state index contributed by atoms with van der Waals surface area (Å²) in [7, 11) is 0. The summed E-state index contributed by atoms with van der Waals surface area (Å²) in [4.78, 5) is 18.6. The van der Waals surface area contributed by atoms with Crippen molar-refractivity contribution in [3.63, 3.8) is 0 Å². The lowest BCUT2D eigenvalue weighted by atomic mass is 9.72. The largest absolute Gasteiger partial charge is 0.268 e. The van der Waals surface area contributed by atoms with E-state index in [1.54, 1.807) is 4.40 Å². The molecule has 2 heterocycles. The van der Waals surface area contributed by atoms with E-state index < -0.39 is 0 Å². The average Bonchev–Trinajstić information content (AvgIpc) is 2.97. The van der Waals surface area contributed by atoms with Crippen molar-refractivity contribution in [2.75, 3.05) is 5.75 Å². The molecule has 140 valence electrons. The van der Waals surface area contributed by atoms with E-state index in [-0.39, 0.29) is 11.0 Å². The maximum absolute atomic E-state index is 13.6. The third kappa shape index (κ3) is 2.83. The predicted octanol–water partition coefficient (Wildman–Crippen LogP) is 4.08. The van der Waals surface area contributed by atoms with Gasteiger partial charge >= 0.3 is 0 Å². The molecule has 0 unspecified atom stereocenters. The van der Waals surface area contributed by atoms with Crippen LogP contribution in [0.2, 0.25) is 0 Å². The van der Waals surface area contributed by atoms with Crippen LogP contribution in [-0.4, -0.2) is 24.9 Å². The molecule has 4 rings (SSSR count). The first-order valence-electron chi connectivity index (χ1n) is 9.23. The zero-order valence-electron chi connectivity index (χ0n) is 16.2. The van der Waals surface area contributed by atoms with E-state index in [1.807, 2.05) is 30.7 Å². The highest BCUT2D eigenvalue weighted by atomic mass is 32.2. The van der Waals surface area contributed by atoms with Crippen molar-refractivity contribution in [3.8, 4) is 11.3 Å². The zero-order valence-corrected chi connectivity index (χ0v) is 17.1. The molecule has 1 aliphatic rings. The summed E-state index contributed by atoms with van der Waals surface area (Å²) in [6.07, 6.45) is 0.829. The van der Waals surface area contributed by atoms with Crippen molar-refractivity contribution in [1.29, 1.82) is 0 Å². The molecule has 0 saturated carbocycles. The summed E-state index contributed by atoms with van der Waals surface area (Å²) >= 11 is 1.54. The molecule has 27 heavy (non-hydrogen) atoms. The Kier molecular flexibility index (Phi) is 4.26. The number of aryl methyl sites for hydroxylation is 1. The van der Waals surface area contributed by atoms with E-state index in [1.165, 1.54) is 17.3 Å². The normalized spacial score (nSPS) is 14.8. The van der Waals surface area contributed by atoms with Crippen LogP contribution in [0, 0.1) is 0 Å². The van der Waals surface area contributed by atoms with Gasteiger partial charge in [0.25, 0.3) is 5.56 Å². The molecule has 5 nitrogen and oxygen atoms in total. The van der Waals surface area contributed by atoms with E-state index >= 15 is 0 Å². The van der Waals surface area contributed by atoms with Crippen molar-refractivity contribution >= 4 is 17.5 Å². The van der Waals surface area contributed by atoms with E-state index in [0.29, 0.717) is 17.5 Å². The Morgan fingerprint density at radius 2 is 2.07 bits per heavy atom. The quantitative estimate of drug-likeness (QED) is 0.505. The highest BCUT2D eigenvalue weighted by Crippen LogP contribution is 2.40. The molecule has 2 aromatic heterocycles. The smallest absolute Gasteiger partial charge is 0.265 e. The van der Waals surface area contributed by atoms with E-state index in [4.69, 9.17) is 4.98 Å². The number of benzene rings is 1. The summed E-state index contributed by atoms with van der Waals surface area (Å²) in [6.45, 7) is 12.9. The summed E-state index contributed by atoms with van der Waals surface area (Å²) in [5, 5.41) is 5.34. The lowest BCUT2D eigenvalue weighted by Gasteiger charge is -2.32. The molecule has 1 aromatic carbocycles. The molecule has 3 aromatic rings. The molecular formula is C21H24N4OS. The van der Waals surface area contributed by atoms with Gasteiger partial charge < -0.3 is 0 Å². The highest BCUT2D eigenvalue weighted by Gasteiger charge is 2.36. The third-order valence-corrected chi connectivity index (χ3v) is 6.18. The minimum Gasteiger partial charge on any atom is -0.268 e. The molecule has 0 N–H and O–H groups in total. The van der Waals surface area contributed by atoms with Crippen molar-refractivity contribution in [3.05, 3.63) is 57.9 Å². The third-order valence-electron chi connectivity index (χ3n) is 5.02. The minimum atomic E-state index is -0.278. The van der Waals surface area contributed by atoms with Gasteiger partial charge in [-0.3, -0.25) is 4.79 Å². The van der Waals surface area contributed by atoms with Crippen molar-refractivity contribution in [2.45, 2.75) is 51.2 Å². The van der Waals surface area contributed by atoms with E-state index in [0.717, 1.165) is 34.6 Å². The van der Waals surface area contributed by atoms with Gasteiger partial charge in [0, 0.05) is 23.3 Å². The van der Waals surface area contributed by atoms with Gasteiger partial charge in [-0.05, 0) is 25.8 Å². The van der Waals surface area contributed by atoms with Gasteiger partial charge in [-0.25, -0.2) is 14.1 Å². The van der Waals surface area contributed by atoms with Crippen LogP contribution >= 0.6 is 11.8 Å². The molecule has 0 radical (unpaired) electrons. The van der Waals surface area contributed by atoms with Crippen LogP contribution in [0.15, 0.2) is 46.4 Å². The lowest BCUT2D eigenvalue weighted by molar-refractivity contribution is 0.505. The fourth-order valence-corrected chi connectivity index (χ4v) is 4.64. The maximum atomic E-state index is 13.6. The molecule has 1 aliphatic carbocycles. The Morgan fingerprint density at radius 3 is 2.78 bits per heavy atom. The molecule has 0 spiro atoms. The molecule has 6 heteroatoms. The first kappa shape index (κ1) is 18.0. The molecular weight excluding hydrogens is 356 g/mol.